The van der Waals surface area contributed by atoms with E-state index in [4.69, 9.17) is 5.73 Å². The van der Waals surface area contributed by atoms with E-state index in [0.717, 1.165) is 12.3 Å². The van der Waals surface area contributed by atoms with E-state index in [9.17, 15) is 13.2 Å². The zero-order chi connectivity index (χ0) is 11.1. The van der Waals surface area contributed by atoms with Crippen molar-refractivity contribution in [3.05, 3.63) is 36.0 Å². The molecule has 0 bridgehead atoms. The Balaban J connectivity index is 2.80. The van der Waals surface area contributed by atoms with Crippen molar-refractivity contribution in [3.8, 4) is 0 Å². The van der Waals surface area contributed by atoms with E-state index in [1.165, 1.54) is 18.2 Å². The van der Waals surface area contributed by atoms with Crippen molar-refractivity contribution in [2.45, 2.75) is 6.18 Å². The zero-order valence-corrected chi connectivity index (χ0v) is 7.55. The molecule has 0 saturated carbocycles. The summed E-state index contributed by atoms with van der Waals surface area (Å²) in [5.41, 5.74) is 5.32. The smallest absolute Gasteiger partial charge is 0.399 e. The van der Waals surface area contributed by atoms with E-state index >= 15 is 0 Å². The van der Waals surface area contributed by atoms with Crippen molar-refractivity contribution in [2.24, 2.45) is 0 Å². The van der Waals surface area contributed by atoms with Gasteiger partial charge in [-0.1, -0.05) is 0 Å². The largest absolute Gasteiger partial charge is 0.417 e. The molecule has 1 aromatic heterocycles. The summed E-state index contributed by atoms with van der Waals surface area (Å²) in [6, 6.07) is 5.22. The van der Waals surface area contributed by atoms with Crippen LogP contribution in [0.15, 0.2) is 30.5 Å². The third-order valence-electron chi connectivity index (χ3n) is 2.07. The SMILES string of the molecule is Nc1ccc2nccc(C(F)(F)F)c2c1. The Morgan fingerprint density at radius 2 is 1.87 bits per heavy atom. The molecule has 1 aromatic carbocycles. The molecule has 0 aliphatic rings. The molecule has 0 atom stereocenters. The molecule has 2 N–H and O–H groups in total. The molecule has 2 aromatic rings. The Morgan fingerprint density at radius 1 is 1.13 bits per heavy atom. The van der Waals surface area contributed by atoms with Gasteiger partial charge in [-0.25, -0.2) is 0 Å². The van der Waals surface area contributed by atoms with Gasteiger partial charge in [0, 0.05) is 17.3 Å². The lowest BCUT2D eigenvalue weighted by Crippen LogP contribution is -2.06. The maximum absolute atomic E-state index is 12.6. The van der Waals surface area contributed by atoms with Crippen LogP contribution in [-0.4, -0.2) is 4.98 Å². The van der Waals surface area contributed by atoms with Crippen LogP contribution < -0.4 is 5.73 Å². The first-order valence-corrected chi connectivity index (χ1v) is 4.20. The third kappa shape index (κ3) is 1.72. The second kappa shape index (κ2) is 3.12. The number of alkyl halides is 3. The van der Waals surface area contributed by atoms with Crippen LogP contribution in [0.3, 0.4) is 0 Å². The third-order valence-corrected chi connectivity index (χ3v) is 2.07. The number of nitrogens with two attached hydrogens (primary N) is 1. The Labute approximate surface area is 83.5 Å². The van der Waals surface area contributed by atoms with Crippen LogP contribution in [0.5, 0.6) is 0 Å². The Bertz CT molecular complexity index is 505. The quantitative estimate of drug-likeness (QED) is 0.682. The van der Waals surface area contributed by atoms with Crippen LogP contribution in [0.4, 0.5) is 18.9 Å². The van der Waals surface area contributed by atoms with E-state index in [1.54, 1.807) is 0 Å². The predicted molar refractivity (Wildman–Crippen MR) is 51.2 cm³/mol. The number of nitrogen functional groups attached to an aromatic ring is 1. The van der Waals surface area contributed by atoms with Gasteiger partial charge in [-0.15, -0.1) is 0 Å². The zero-order valence-electron chi connectivity index (χ0n) is 7.55. The Kier molecular flexibility index (Phi) is 2.03. The molecule has 2 nitrogen and oxygen atoms in total. The summed E-state index contributed by atoms with van der Waals surface area (Å²) in [4.78, 5) is 3.84. The van der Waals surface area contributed by atoms with E-state index < -0.39 is 11.7 Å². The minimum absolute atomic E-state index is 0.0324. The summed E-state index contributed by atoms with van der Waals surface area (Å²) >= 11 is 0. The van der Waals surface area contributed by atoms with Gasteiger partial charge in [0.1, 0.15) is 0 Å². The average molecular weight is 212 g/mol. The standard InChI is InChI=1S/C10H7F3N2/c11-10(12,13)8-3-4-15-9-2-1-6(14)5-7(8)9/h1-5H,14H2. The minimum atomic E-state index is -4.38. The summed E-state index contributed by atoms with van der Waals surface area (Å²) in [7, 11) is 0. The Morgan fingerprint density at radius 3 is 2.53 bits per heavy atom. The number of anilines is 1. The summed E-state index contributed by atoms with van der Waals surface area (Å²) < 4.78 is 37.7. The van der Waals surface area contributed by atoms with E-state index in [2.05, 4.69) is 4.98 Å². The van der Waals surface area contributed by atoms with E-state index in [-0.39, 0.29) is 5.39 Å². The second-order valence-electron chi connectivity index (χ2n) is 3.13. The number of pyridine rings is 1. The maximum atomic E-state index is 12.6. The van der Waals surface area contributed by atoms with Crippen molar-refractivity contribution < 1.29 is 13.2 Å². The van der Waals surface area contributed by atoms with Crippen LogP contribution in [0, 0.1) is 0 Å². The second-order valence-corrected chi connectivity index (χ2v) is 3.13. The van der Waals surface area contributed by atoms with Crippen molar-refractivity contribution in [1.82, 2.24) is 4.98 Å². The minimum Gasteiger partial charge on any atom is -0.399 e. The summed E-state index contributed by atoms with van der Waals surface area (Å²) in [6.45, 7) is 0. The molecule has 0 spiro atoms. The number of nitrogens with zero attached hydrogens (tertiary/aromatic N) is 1. The number of benzene rings is 1. The average Bonchev–Trinajstić information content (AvgIpc) is 2.15. The van der Waals surface area contributed by atoms with Gasteiger partial charge in [0.2, 0.25) is 0 Å². The molecule has 0 aliphatic carbocycles. The van der Waals surface area contributed by atoms with Crippen molar-refractivity contribution in [1.29, 1.82) is 0 Å². The van der Waals surface area contributed by atoms with Gasteiger partial charge in [-0.05, 0) is 24.3 Å². The van der Waals surface area contributed by atoms with Crippen LogP contribution in [0.25, 0.3) is 10.9 Å². The van der Waals surface area contributed by atoms with Gasteiger partial charge >= 0.3 is 6.18 Å². The summed E-state index contributed by atoms with van der Waals surface area (Å²) in [5, 5.41) is 0.0324. The first kappa shape index (κ1) is 9.76. The van der Waals surface area contributed by atoms with Gasteiger partial charge in [0.15, 0.2) is 0 Å². The maximum Gasteiger partial charge on any atom is 0.417 e. The highest BCUT2D eigenvalue weighted by Crippen LogP contribution is 2.34. The Hall–Kier alpha value is -1.78. The normalized spacial score (nSPS) is 11.9. The molecule has 0 saturated heterocycles. The molecule has 2 rings (SSSR count). The lowest BCUT2D eigenvalue weighted by molar-refractivity contribution is -0.136. The van der Waals surface area contributed by atoms with Gasteiger partial charge in [0.05, 0.1) is 11.1 Å². The van der Waals surface area contributed by atoms with E-state index in [1.807, 2.05) is 0 Å². The molecule has 1 heterocycles. The molecule has 15 heavy (non-hydrogen) atoms. The number of aromatic nitrogens is 1. The molecular formula is C10H7F3N2. The molecule has 0 aliphatic heterocycles. The fourth-order valence-corrected chi connectivity index (χ4v) is 1.41. The fourth-order valence-electron chi connectivity index (χ4n) is 1.41. The van der Waals surface area contributed by atoms with Crippen LogP contribution in [0.2, 0.25) is 0 Å². The molecule has 5 heteroatoms. The monoisotopic (exact) mass is 212 g/mol. The van der Waals surface area contributed by atoms with Crippen molar-refractivity contribution >= 4 is 16.6 Å². The molecule has 0 amide bonds. The molecule has 0 unspecified atom stereocenters. The lowest BCUT2D eigenvalue weighted by atomic mass is 10.1. The van der Waals surface area contributed by atoms with Gasteiger partial charge in [0.25, 0.3) is 0 Å². The van der Waals surface area contributed by atoms with E-state index in [0.29, 0.717) is 11.2 Å². The van der Waals surface area contributed by atoms with Gasteiger partial charge in [-0.3, -0.25) is 4.98 Å². The number of halogens is 3. The predicted octanol–water partition coefficient (Wildman–Crippen LogP) is 2.84. The highest BCUT2D eigenvalue weighted by molar-refractivity contribution is 5.85. The van der Waals surface area contributed by atoms with Crippen LogP contribution >= 0.6 is 0 Å². The topological polar surface area (TPSA) is 38.9 Å². The fraction of sp³-hybridized carbons (Fsp3) is 0.100. The molecule has 0 radical (unpaired) electrons. The summed E-state index contributed by atoms with van der Waals surface area (Å²) in [6.07, 6.45) is -3.24. The van der Waals surface area contributed by atoms with Crippen molar-refractivity contribution in [3.63, 3.8) is 0 Å². The highest BCUT2D eigenvalue weighted by Gasteiger charge is 2.32. The number of fused-ring (bicyclic) bond motifs is 1. The molecule has 0 fully saturated rings. The molecule has 78 valence electrons. The highest BCUT2D eigenvalue weighted by atomic mass is 19.4. The molecular weight excluding hydrogens is 205 g/mol. The van der Waals surface area contributed by atoms with Gasteiger partial charge < -0.3 is 5.73 Å². The number of rotatable bonds is 0. The number of hydrogen-bond acceptors (Lipinski definition) is 2. The van der Waals surface area contributed by atoms with Crippen LogP contribution in [0.1, 0.15) is 5.56 Å². The number of hydrogen-bond donors (Lipinski definition) is 1. The van der Waals surface area contributed by atoms with Crippen molar-refractivity contribution in [2.75, 3.05) is 5.73 Å². The van der Waals surface area contributed by atoms with Crippen LogP contribution in [-0.2, 0) is 6.18 Å². The lowest BCUT2D eigenvalue weighted by Gasteiger charge is -2.09. The summed E-state index contributed by atoms with van der Waals surface area (Å²) in [5.74, 6) is 0. The first-order valence-electron chi connectivity index (χ1n) is 4.20. The van der Waals surface area contributed by atoms with Gasteiger partial charge in [-0.2, -0.15) is 13.2 Å². The first-order chi connectivity index (χ1) is 6.98.